The number of nitrogens with zero attached hydrogens (tertiary/aromatic N) is 1. The largest absolute Gasteiger partial charge is 0.376 e. The van der Waals surface area contributed by atoms with Crippen molar-refractivity contribution in [2.75, 3.05) is 25.5 Å². The van der Waals surface area contributed by atoms with Crippen LogP contribution in [-0.4, -0.2) is 34.4 Å². The molecule has 0 aliphatic carbocycles. The molecule has 0 amide bonds. The van der Waals surface area contributed by atoms with Crippen LogP contribution in [0.25, 0.3) is 0 Å². The van der Waals surface area contributed by atoms with Gasteiger partial charge < -0.3 is 10.2 Å². The first-order valence-electron chi connectivity index (χ1n) is 8.00. The fourth-order valence-corrected chi connectivity index (χ4v) is 5.59. The minimum absolute atomic E-state index is 0.144. The molecule has 0 radical (unpaired) electrons. The maximum Gasteiger partial charge on any atom is 0.194 e. The molecule has 0 spiro atoms. The smallest absolute Gasteiger partial charge is 0.194 e. The molecule has 1 N–H and O–H groups in total. The van der Waals surface area contributed by atoms with E-state index in [4.69, 9.17) is 23.2 Å². The van der Waals surface area contributed by atoms with Crippen molar-refractivity contribution in [1.82, 2.24) is 5.32 Å². The topological polar surface area (TPSA) is 49.4 Å². The van der Waals surface area contributed by atoms with Gasteiger partial charge in [-0.15, -0.1) is 0 Å². The summed E-state index contributed by atoms with van der Waals surface area (Å²) in [5.41, 5.74) is 1.84. The van der Waals surface area contributed by atoms with Gasteiger partial charge in [-0.3, -0.25) is 0 Å². The quantitative estimate of drug-likeness (QED) is 0.846. The minimum atomic E-state index is -3.52. The summed E-state index contributed by atoms with van der Waals surface area (Å²) in [4.78, 5) is 2.21. The first-order valence-corrected chi connectivity index (χ1v) is 10.3. The van der Waals surface area contributed by atoms with Gasteiger partial charge in [0.1, 0.15) is 5.37 Å². The number of rotatable bonds is 4. The molecule has 0 bridgehead atoms. The lowest BCUT2D eigenvalue weighted by atomic mass is 9.98. The molecule has 0 aromatic heterocycles. The van der Waals surface area contributed by atoms with Gasteiger partial charge in [-0.25, -0.2) is 8.42 Å². The monoisotopic (exact) mass is 398 g/mol. The number of anilines is 1. The Labute approximate surface area is 158 Å². The van der Waals surface area contributed by atoms with E-state index < -0.39 is 15.2 Å². The Morgan fingerprint density at radius 3 is 2.36 bits per heavy atom. The summed E-state index contributed by atoms with van der Waals surface area (Å²) in [5.74, 6) is -0.144. The van der Waals surface area contributed by atoms with E-state index in [0.29, 0.717) is 16.6 Å². The molecule has 1 aliphatic heterocycles. The van der Waals surface area contributed by atoms with E-state index in [-0.39, 0.29) is 10.8 Å². The number of hydrogen-bond acceptors (Lipinski definition) is 4. The first kappa shape index (κ1) is 18.5. The van der Waals surface area contributed by atoms with Gasteiger partial charge >= 0.3 is 0 Å². The lowest BCUT2D eigenvalue weighted by Gasteiger charge is -2.22. The fourth-order valence-electron chi connectivity index (χ4n) is 3.23. The predicted octanol–water partition coefficient (Wildman–Crippen LogP) is 3.94. The Bertz CT molecular complexity index is 867. The molecule has 1 aliphatic rings. The first-order chi connectivity index (χ1) is 11.8. The van der Waals surface area contributed by atoms with E-state index in [1.54, 1.807) is 24.3 Å². The van der Waals surface area contributed by atoms with Crippen molar-refractivity contribution >= 4 is 38.7 Å². The number of sulfone groups is 1. The van der Waals surface area contributed by atoms with Crippen molar-refractivity contribution in [3.05, 3.63) is 58.1 Å². The van der Waals surface area contributed by atoms with Crippen LogP contribution in [0.5, 0.6) is 0 Å². The number of nitrogens with one attached hydrogen (secondary N) is 1. The Balaban J connectivity index is 1.95. The van der Waals surface area contributed by atoms with Crippen molar-refractivity contribution in [2.24, 2.45) is 0 Å². The Hall–Kier alpha value is -1.27. The Kier molecular flexibility index (Phi) is 5.30. The van der Waals surface area contributed by atoms with Crippen molar-refractivity contribution in [2.45, 2.75) is 22.6 Å². The van der Waals surface area contributed by atoms with Crippen LogP contribution in [0.1, 0.15) is 17.9 Å². The third-order valence-corrected chi connectivity index (χ3v) is 7.17. The van der Waals surface area contributed by atoms with Crippen LogP contribution in [0, 0.1) is 0 Å². The van der Waals surface area contributed by atoms with Crippen LogP contribution in [0.4, 0.5) is 5.69 Å². The summed E-state index contributed by atoms with van der Waals surface area (Å²) >= 11 is 12.2. The van der Waals surface area contributed by atoms with Gasteiger partial charge in [0.15, 0.2) is 9.84 Å². The van der Waals surface area contributed by atoms with E-state index in [9.17, 15) is 8.42 Å². The lowest BCUT2D eigenvalue weighted by Crippen LogP contribution is -2.34. The molecule has 1 saturated heterocycles. The molecule has 25 heavy (non-hydrogen) atoms. The van der Waals surface area contributed by atoms with Gasteiger partial charge in [0.05, 0.1) is 15.6 Å². The van der Waals surface area contributed by atoms with Crippen molar-refractivity contribution in [3.63, 3.8) is 0 Å². The molecular weight excluding hydrogens is 379 g/mol. The van der Waals surface area contributed by atoms with E-state index in [0.717, 1.165) is 17.7 Å². The highest BCUT2D eigenvalue weighted by Gasteiger charge is 2.39. The summed E-state index contributed by atoms with van der Waals surface area (Å²) in [5, 5.41) is 3.61. The number of benzene rings is 2. The molecule has 2 unspecified atom stereocenters. The van der Waals surface area contributed by atoms with E-state index in [1.165, 1.54) is 0 Å². The summed E-state index contributed by atoms with van der Waals surface area (Å²) in [6.45, 7) is 0.648. The van der Waals surface area contributed by atoms with Crippen LogP contribution >= 0.6 is 23.2 Å². The predicted molar refractivity (Wildman–Crippen MR) is 104 cm³/mol. The molecule has 2 aromatic carbocycles. The average molecular weight is 399 g/mol. The summed E-state index contributed by atoms with van der Waals surface area (Å²) in [6, 6.07) is 12.1. The highest BCUT2D eigenvalue weighted by Crippen LogP contribution is 2.37. The fraction of sp³-hybridized carbons (Fsp3) is 0.333. The molecule has 3 rings (SSSR count). The van der Waals surface area contributed by atoms with Crippen LogP contribution < -0.4 is 10.2 Å². The third-order valence-electron chi connectivity index (χ3n) is 4.52. The number of hydrogen-bond donors (Lipinski definition) is 1. The molecule has 134 valence electrons. The average Bonchev–Trinajstić information content (AvgIpc) is 3.05. The van der Waals surface area contributed by atoms with Gasteiger partial charge in [0.25, 0.3) is 0 Å². The van der Waals surface area contributed by atoms with Crippen molar-refractivity contribution in [1.29, 1.82) is 0 Å². The lowest BCUT2D eigenvalue weighted by molar-refractivity contribution is 0.559. The zero-order valence-corrected chi connectivity index (χ0v) is 16.4. The second-order valence-corrected chi connectivity index (χ2v) is 9.29. The van der Waals surface area contributed by atoms with Crippen LogP contribution in [0.3, 0.4) is 0 Å². The van der Waals surface area contributed by atoms with Gasteiger partial charge in [0.2, 0.25) is 0 Å². The molecule has 7 heteroatoms. The van der Waals surface area contributed by atoms with Crippen LogP contribution in [0.2, 0.25) is 10.0 Å². The highest BCUT2D eigenvalue weighted by atomic mass is 35.5. The minimum Gasteiger partial charge on any atom is -0.376 e. The molecule has 2 atom stereocenters. The van der Waals surface area contributed by atoms with Gasteiger partial charge in [0, 0.05) is 25.0 Å². The molecule has 0 saturated carbocycles. The zero-order chi connectivity index (χ0) is 18.2. The van der Waals surface area contributed by atoms with E-state index >= 15 is 0 Å². The zero-order valence-electron chi connectivity index (χ0n) is 14.0. The van der Waals surface area contributed by atoms with E-state index in [1.807, 2.05) is 37.2 Å². The highest BCUT2D eigenvalue weighted by molar-refractivity contribution is 7.92. The van der Waals surface area contributed by atoms with Gasteiger partial charge in [-0.1, -0.05) is 29.3 Å². The SMILES string of the molecule is CN(C)c1ccc(C2CCNC2S(=O)(=O)c2ccc(Cl)cc2)cc1Cl. The summed E-state index contributed by atoms with van der Waals surface area (Å²) < 4.78 is 26.1. The Morgan fingerprint density at radius 1 is 1.08 bits per heavy atom. The van der Waals surface area contributed by atoms with Crippen molar-refractivity contribution in [3.8, 4) is 0 Å². The third kappa shape index (κ3) is 3.65. The molecular formula is C18H20Cl2N2O2S. The normalized spacial score (nSPS) is 20.6. The molecule has 4 nitrogen and oxygen atoms in total. The van der Waals surface area contributed by atoms with Gasteiger partial charge in [-0.05, 0) is 54.9 Å². The maximum atomic E-state index is 13.0. The summed E-state index contributed by atoms with van der Waals surface area (Å²) in [7, 11) is 0.330. The van der Waals surface area contributed by atoms with Crippen LogP contribution in [0.15, 0.2) is 47.4 Å². The van der Waals surface area contributed by atoms with E-state index in [2.05, 4.69) is 5.32 Å². The molecule has 2 aromatic rings. The molecule has 1 fully saturated rings. The maximum absolute atomic E-state index is 13.0. The second-order valence-electron chi connectivity index (χ2n) is 6.37. The Morgan fingerprint density at radius 2 is 1.76 bits per heavy atom. The summed E-state index contributed by atoms with van der Waals surface area (Å²) in [6.07, 6.45) is 0.745. The standard InChI is InChI=1S/C18H20Cl2N2O2S/c1-22(2)17-8-3-12(11-16(17)20)15-9-10-21-18(15)25(23,24)14-6-4-13(19)5-7-14/h3-8,11,15,18,21H,9-10H2,1-2H3. The number of halogens is 2. The second kappa shape index (κ2) is 7.16. The van der Waals surface area contributed by atoms with Gasteiger partial charge in [-0.2, -0.15) is 0 Å². The molecule has 1 heterocycles. The van der Waals surface area contributed by atoms with Crippen molar-refractivity contribution < 1.29 is 8.42 Å². The van der Waals surface area contributed by atoms with Crippen LogP contribution in [-0.2, 0) is 9.84 Å².